The lowest BCUT2D eigenvalue weighted by Gasteiger charge is -2.47. The molecule has 3 atom stereocenters. The fraction of sp³-hybridized carbons (Fsp3) is 0.714. The van der Waals surface area contributed by atoms with E-state index in [2.05, 4.69) is 35.1 Å². The number of hydrogen-bond acceptors (Lipinski definition) is 7. The normalized spacial score (nSPS) is 26.0. The maximum absolute atomic E-state index is 9.88. The van der Waals surface area contributed by atoms with Crippen molar-refractivity contribution in [1.82, 2.24) is 19.9 Å². The van der Waals surface area contributed by atoms with E-state index in [1.54, 1.807) is 11.8 Å². The summed E-state index contributed by atoms with van der Waals surface area (Å²) in [5.41, 5.74) is 2.27. The molecule has 160 valence electrons. The van der Waals surface area contributed by atoms with Crippen LogP contribution < -0.4 is 0 Å². The van der Waals surface area contributed by atoms with E-state index < -0.39 is 6.10 Å². The molecule has 0 aliphatic carbocycles. The number of rotatable bonds is 7. The predicted octanol–water partition coefficient (Wildman–Crippen LogP) is 2.36. The van der Waals surface area contributed by atoms with Crippen molar-refractivity contribution in [2.45, 2.75) is 70.4 Å². The second-order valence-corrected chi connectivity index (χ2v) is 9.53. The van der Waals surface area contributed by atoms with Gasteiger partial charge in [0.1, 0.15) is 0 Å². The summed E-state index contributed by atoms with van der Waals surface area (Å²) in [5.74, 6) is 0. The third-order valence-electron chi connectivity index (χ3n) is 6.17. The van der Waals surface area contributed by atoms with Crippen LogP contribution in [-0.2, 0) is 41.0 Å². The summed E-state index contributed by atoms with van der Waals surface area (Å²) in [6.45, 7) is 7.81. The van der Waals surface area contributed by atoms with Crippen LogP contribution in [0.5, 0.6) is 0 Å². The molecule has 2 aliphatic heterocycles. The van der Waals surface area contributed by atoms with E-state index in [1.807, 2.05) is 17.5 Å². The number of piperidine rings is 1. The van der Waals surface area contributed by atoms with Gasteiger partial charge in [0.05, 0.1) is 37.2 Å². The molecular formula is C21H32N4O3S. The molecule has 1 fully saturated rings. The summed E-state index contributed by atoms with van der Waals surface area (Å²) in [6, 6.07) is 2.81. The van der Waals surface area contributed by atoms with Gasteiger partial charge in [-0.15, -0.1) is 16.4 Å². The monoisotopic (exact) mass is 420 g/mol. The third kappa shape index (κ3) is 4.41. The Kier molecular flexibility index (Phi) is 6.36. The number of methoxy groups -OCH3 is 1. The molecular weight excluding hydrogens is 388 g/mol. The molecule has 7 nitrogen and oxygen atoms in total. The van der Waals surface area contributed by atoms with Crippen LogP contribution in [0.1, 0.15) is 47.7 Å². The summed E-state index contributed by atoms with van der Waals surface area (Å²) in [4.78, 5) is 5.48. The Morgan fingerprint density at radius 1 is 1.48 bits per heavy atom. The number of aryl methyl sites for hydroxylation is 1. The van der Waals surface area contributed by atoms with E-state index in [0.29, 0.717) is 19.2 Å². The lowest BCUT2D eigenvalue weighted by molar-refractivity contribution is -0.112. The fourth-order valence-corrected chi connectivity index (χ4v) is 5.86. The number of fused-ring (bicyclic) bond motifs is 2. The van der Waals surface area contributed by atoms with Gasteiger partial charge in [-0.3, -0.25) is 4.90 Å². The van der Waals surface area contributed by atoms with Crippen LogP contribution in [0.2, 0.25) is 0 Å². The number of nitrogens with zero attached hydrogens (tertiary/aromatic N) is 4. The molecule has 0 saturated carbocycles. The van der Waals surface area contributed by atoms with Crippen molar-refractivity contribution in [3.63, 3.8) is 0 Å². The van der Waals surface area contributed by atoms with Gasteiger partial charge in [-0.2, -0.15) is 0 Å². The Balaban J connectivity index is 1.40. The molecule has 4 rings (SSSR count). The number of aromatic nitrogens is 3. The Hall–Kier alpha value is -1.32. The van der Waals surface area contributed by atoms with Crippen molar-refractivity contribution in [2.24, 2.45) is 0 Å². The first kappa shape index (κ1) is 20.9. The molecule has 0 bridgehead atoms. The Morgan fingerprint density at radius 3 is 3.10 bits per heavy atom. The number of hydrogen-bond donors (Lipinski definition) is 1. The van der Waals surface area contributed by atoms with Crippen LogP contribution in [0.3, 0.4) is 0 Å². The molecule has 0 aromatic carbocycles. The highest BCUT2D eigenvalue weighted by Gasteiger charge is 2.44. The molecule has 4 heterocycles. The van der Waals surface area contributed by atoms with Crippen LogP contribution in [0, 0.1) is 0 Å². The zero-order valence-electron chi connectivity index (χ0n) is 17.6. The van der Waals surface area contributed by atoms with E-state index >= 15 is 0 Å². The molecule has 1 saturated heterocycles. The third-order valence-corrected chi connectivity index (χ3v) is 7.51. The highest BCUT2D eigenvalue weighted by atomic mass is 32.1. The average molecular weight is 421 g/mol. The van der Waals surface area contributed by atoms with Gasteiger partial charge in [0, 0.05) is 48.6 Å². The van der Waals surface area contributed by atoms with Crippen molar-refractivity contribution in [2.75, 3.05) is 26.9 Å². The van der Waals surface area contributed by atoms with Gasteiger partial charge in [0.15, 0.2) is 0 Å². The van der Waals surface area contributed by atoms with E-state index in [0.717, 1.165) is 51.1 Å². The first-order valence-electron chi connectivity index (χ1n) is 10.6. The van der Waals surface area contributed by atoms with Gasteiger partial charge < -0.3 is 14.6 Å². The number of likely N-dealkylation sites (tertiary alicyclic amines) is 1. The molecule has 1 unspecified atom stereocenters. The Labute approximate surface area is 176 Å². The highest BCUT2D eigenvalue weighted by molar-refractivity contribution is 7.12. The molecule has 2 aliphatic rings. The number of aliphatic hydroxyl groups is 1. The van der Waals surface area contributed by atoms with Crippen molar-refractivity contribution in [1.29, 1.82) is 0 Å². The zero-order chi connectivity index (χ0) is 20.4. The standard InChI is InChI=1S/C21H32N4O3S/c1-4-18-9-19-20(29-18)5-8-28-21(19)6-7-24(15(2)10-21)11-16-12-25(23-22-16)13-17(26)14-27-3/h9,12,15,17,26H,4-8,10-11,13-14H2,1-3H3/t15-,17?,21+/m0/s1. The molecule has 8 heteroatoms. The number of aliphatic hydroxyl groups excluding tert-OH is 1. The lowest BCUT2D eigenvalue weighted by Crippen LogP contribution is -2.50. The summed E-state index contributed by atoms with van der Waals surface area (Å²) in [7, 11) is 1.58. The summed E-state index contributed by atoms with van der Waals surface area (Å²) >= 11 is 1.97. The topological polar surface area (TPSA) is 72.6 Å². The smallest absolute Gasteiger partial charge is 0.0969 e. The van der Waals surface area contributed by atoms with E-state index in [1.165, 1.54) is 15.3 Å². The summed E-state index contributed by atoms with van der Waals surface area (Å²) in [6.07, 6.45) is 5.55. The minimum absolute atomic E-state index is 0.116. The minimum atomic E-state index is -0.570. The maximum Gasteiger partial charge on any atom is 0.0969 e. The van der Waals surface area contributed by atoms with Gasteiger partial charge in [0.2, 0.25) is 0 Å². The summed E-state index contributed by atoms with van der Waals surface area (Å²) < 4.78 is 13.1. The van der Waals surface area contributed by atoms with E-state index in [9.17, 15) is 5.11 Å². The van der Waals surface area contributed by atoms with Crippen LogP contribution >= 0.6 is 11.3 Å². The minimum Gasteiger partial charge on any atom is -0.389 e. The molecule has 1 spiro atoms. The number of thiophene rings is 1. The average Bonchev–Trinajstić information content (AvgIpc) is 3.32. The molecule has 29 heavy (non-hydrogen) atoms. The van der Waals surface area contributed by atoms with Gasteiger partial charge in [0.25, 0.3) is 0 Å². The first-order chi connectivity index (χ1) is 14.0. The Bertz CT molecular complexity index is 823. The highest BCUT2D eigenvalue weighted by Crippen LogP contribution is 2.46. The predicted molar refractivity (Wildman–Crippen MR) is 112 cm³/mol. The van der Waals surface area contributed by atoms with Gasteiger partial charge in [-0.1, -0.05) is 12.1 Å². The second kappa shape index (κ2) is 8.81. The summed E-state index contributed by atoms with van der Waals surface area (Å²) in [5, 5.41) is 18.3. The zero-order valence-corrected chi connectivity index (χ0v) is 18.5. The van der Waals surface area contributed by atoms with Crippen LogP contribution in [-0.4, -0.2) is 64.0 Å². The van der Waals surface area contributed by atoms with Gasteiger partial charge in [-0.05, 0) is 37.8 Å². The Morgan fingerprint density at radius 2 is 2.34 bits per heavy atom. The van der Waals surface area contributed by atoms with Crippen molar-refractivity contribution in [3.8, 4) is 0 Å². The molecule has 2 aromatic heterocycles. The molecule has 2 aromatic rings. The fourth-order valence-electron chi connectivity index (χ4n) is 4.68. The molecule has 0 radical (unpaired) electrons. The SMILES string of the molecule is CCc1cc2c(s1)CCO[C@@]21CCN(Cc2cn(CC(O)COC)nn2)[C@@H](C)C1. The first-order valence-corrected chi connectivity index (χ1v) is 11.4. The molecule has 1 N–H and O–H groups in total. The van der Waals surface area contributed by atoms with Gasteiger partial charge in [-0.25, -0.2) is 4.68 Å². The van der Waals surface area contributed by atoms with Crippen molar-refractivity contribution >= 4 is 11.3 Å². The second-order valence-electron chi connectivity index (χ2n) is 8.31. The molecule has 0 amide bonds. The van der Waals surface area contributed by atoms with E-state index in [-0.39, 0.29) is 5.60 Å². The van der Waals surface area contributed by atoms with E-state index in [4.69, 9.17) is 9.47 Å². The largest absolute Gasteiger partial charge is 0.389 e. The van der Waals surface area contributed by atoms with Crippen molar-refractivity contribution < 1.29 is 14.6 Å². The number of ether oxygens (including phenoxy) is 2. The van der Waals surface area contributed by atoms with Crippen molar-refractivity contribution in [3.05, 3.63) is 33.3 Å². The maximum atomic E-state index is 9.88. The lowest BCUT2D eigenvalue weighted by atomic mass is 9.79. The van der Waals surface area contributed by atoms with Crippen LogP contribution in [0.4, 0.5) is 0 Å². The quantitative estimate of drug-likeness (QED) is 0.741. The van der Waals surface area contributed by atoms with Crippen LogP contribution in [0.25, 0.3) is 0 Å². The van der Waals surface area contributed by atoms with Gasteiger partial charge >= 0.3 is 0 Å². The van der Waals surface area contributed by atoms with Crippen LogP contribution in [0.15, 0.2) is 12.3 Å².